The molecule has 0 bridgehead atoms. The number of nitrogens with two attached hydrogens (primary N) is 1. The fourth-order valence-corrected chi connectivity index (χ4v) is 3.24. The molecule has 0 atom stereocenters. The summed E-state index contributed by atoms with van der Waals surface area (Å²) in [6.07, 6.45) is 0. The van der Waals surface area contributed by atoms with E-state index < -0.39 is 17.1 Å². The molecule has 2 aromatic carbocycles. The minimum Gasteiger partial charge on any atom is -0.383 e. The Bertz CT molecular complexity index is 1100. The number of nitrogens with zero attached hydrogens (tertiary/aromatic N) is 2. The summed E-state index contributed by atoms with van der Waals surface area (Å²) >= 11 is 6.12. The van der Waals surface area contributed by atoms with E-state index >= 15 is 0 Å². The van der Waals surface area contributed by atoms with E-state index in [2.05, 4.69) is 4.98 Å². The summed E-state index contributed by atoms with van der Waals surface area (Å²) in [6, 6.07) is 13.4. The van der Waals surface area contributed by atoms with Crippen LogP contribution in [-0.2, 0) is 13.1 Å². The van der Waals surface area contributed by atoms with Gasteiger partial charge in [0.2, 0.25) is 0 Å². The molecule has 0 amide bonds. The van der Waals surface area contributed by atoms with Crippen molar-refractivity contribution in [3.63, 3.8) is 0 Å². The van der Waals surface area contributed by atoms with Gasteiger partial charge in [-0.1, -0.05) is 48.0 Å². The first-order valence-electron chi connectivity index (χ1n) is 8.76. The molecule has 0 unspecified atom stereocenters. The second-order valence-electron chi connectivity index (χ2n) is 6.31. The van der Waals surface area contributed by atoms with Crippen LogP contribution in [0.4, 0.5) is 15.9 Å². The third-order valence-electron chi connectivity index (χ3n) is 4.47. The summed E-state index contributed by atoms with van der Waals surface area (Å²) in [5.41, 5.74) is 6.77. The van der Waals surface area contributed by atoms with Gasteiger partial charge >= 0.3 is 5.69 Å². The van der Waals surface area contributed by atoms with E-state index in [9.17, 15) is 14.0 Å². The molecular formula is C20H20ClFN4O2. The van der Waals surface area contributed by atoms with Crippen molar-refractivity contribution in [1.82, 2.24) is 9.55 Å². The molecule has 3 aromatic rings. The van der Waals surface area contributed by atoms with Gasteiger partial charge in [0.05, 0.1) is 6.54 Å². The van der Waals surface area contributed by atoms with Gasteiger partial charge in [-0.2, -0.15) is 0 Å². The number of halogens is 2. The molecule has 0 aliphatic rings. The first kappa shape index (κ1) is 19.7. The highest BCUT2D eigenvalue weighted by Crippen LogP contribution is 2.24. The average molecular weight is 403 g/mol. The SMILES string of the molecule is CCN(Cc1ccc(F)cc1Cl)c1c(N)n(Cc2ccccc2)c(=O)[nH]c1=O. The predicted molar refractivity (Wildman–Crippen MR) is 109 cm³/mol. The van der Waals surface area contributed by atoms with E-state index in [0.29, 0.717) is 12.1 Å². The van der Waals surface area contributed by atoms with E-state index in [4.69, 9.17) is 17.3 Å². The minimum absolute atomic E-state index is 0.0673. The Kier molecular flexibility index (Phi) is 5.84. The molecule has 0 spiro atoms. The Labute approximate surface area is 166 Å². The maximum Gasteiger partial charge on any atom is 0.330 e. The Morgan fingerprint density at radius 3 is 2.54 bits per heavy atom. The average Bonchev–Trinajstić information content (AvgIpc) is 2.66. The number of hydrogen-bond acceptors (Lipinski definition) is 4. The standard InChI is InChI=1S/C20H20ClFN4O2/c1-2-25(12-14-8-9-15(22)10-16(14)21)17-18(23)26(20(28)24-19(17)27)11-13-6-4-3-5-7-13/h3-10H,2,11-12,23H2,1H3,(H,24,27,28). The summed E-state index contributed by atoms with van der Waals surface area (Å²) in [7, 11) is 0. The van der Waals surface area contributed by atoms with Gasteiger partial charge in [-0.25, -0.2) is 9.18 Å². The summed E-state index contributed by atoms with van der Waals surface area (Å²) < 4.78 is 14.6. The minimum atomic E-state index is -0.578. The Morgan fingerprint density at radius 2 is 1.89 bits per heavy atom. The molecule has 8 heteroatoms. The van der Waals surface area contributed by atoms with Crippen LogP contribution < -0.4 is 21.9 Å². The third-order valence-corrected chi connectivity index (χ3v) is 4.82. The molecule has 146 valence electrons. The highest BCUT2D eigenvalue weighted by atomic mass is 35.5. The molecule has 0 saturated carbocycles. The zero-order valence-electron chi connectivity index (χ0n) is 15.3. The molecule has 0 aliphatic carbocycles. The van der Waals surface area contributed by atoms with Gasteiger partial charge in [0.1, 0.15) is 17.3 Å². The van der Waals surface area contributed by atoms with Crippen LogP contribution in [0, 0.1) is 5.82 Å². The number of nitrogen functional groups attached to an aromatic ring is 1. The summed E-state index contributed by atoms with van der Waals surface area (Å²) in [4.78, 5) is 28.9. The maximum atomic E-state index is 13.3. The monoisotopic (exact) mass is 402 g/mol. The first-order valence-corrected chi connectivity index (χ1v) is 9.14. The van der Waals surface area contributed by atoms with E-state index in [1.807, 2.05) is 37.3 Å². The van der Waals surface area contributed by atoms with Crippen molar-refractivity contribution in [3.05, 3.63) is 91.3 Å². The molecule has 3 N–H and O–H groups in total. The fourth-order valence-electron chi connectivity index (χ4n) is 3.01. The number of aromatic amines is 1. The van der Waals surface area contributed by atoms with Gasteiger partial charge in [-0.3, -0.25) is 14.3 Å². The smallest absolute Gasteiger partial charge is 0.330 e. The number of aromatic nitrogens is 2. The van der Waals surface area contributed by atoms with Gasteiger partial charge < -0.3 is 10.6 Å². The van der Waals surface area contributed by atoms with Crippen molar-refractivity contribution in [2.45, 2.75) is 20.0 Å². The summed E-state index contributed by atoms with van der Waals surface area (Å²) in [5, 5.41) is 0.256. The second-order valence-corrected chi connectivity index (χ2v) is 6.72. The lowest BCUT2D eigenvalue weighted by Crippen LogP contribution is -2.38. The molecular weight excluding hydrogens is 383 g/mol. The van der Waals surface area contributed by atoms with E-state index in [1.54, 1.807) is 11.0 Å². The van der Waals surface area contributed by atoms with Crippen molar-refractivity contribution in [2.75, 3.05) is 17.2 Å². The molecule has 28 heavy (non-hydrogen) atoms. The second kappa shape index (κ2) is 8.31. The third kappa shape index (κ3) is 4.09. The molecule has 0 fully saturated rings. The van der Waals surface area contributed by atoms with Crippen LogP contribution in [0.2, 0.25) is 5.02 Å². The topological polar surface area (TPSA) is 84.1 Å². The van der Waals surface area contributed by atoms with Crippen LogP contribution in [-0.4, -0.2) is 16.1 Å². The Morgan fingerprint density at radius 1 is 1.18 bits per heavy atom. The number of nitrogens with one attached hydrogen (secondary N) is 1. The zero-order valence-corrected chi connectivity index (χ0v) is 16.0. The van der Waals surface area contributed by atoms with Crippen molar-refractivity contribution in [3.8, 4) is 0 Å². The van der Waals surface area contributed by atoms with Crippen LogP contribution in [0.3, 0.4) is 0 Å². The number of anilines is 2. The van der Waals surface area contributed by atoms with Crippen molar-refractivity contribution < 1.29 is 4.39 Å². The fraction of sp³-hybridized carbons (Fsp3) is 0.200. The molecule has 1 aromatic heterocycles. The number of benzene rings is 2. The summed E-state index contributed by atoms with van der Waals surface area (Å²) in [5.74, 6) is -0.372. The van der Waals surface area contributed by atoms with Crippen molar-refractivity contribution in [1.29, 1.82) is 0 Å². The van der Waals surface area contributed by atoms with Gasteiger partial charge in [0, 0.05) is 18.1 Å². The lowest BCUT2D eigenvalue weighted by Gasteiger charge is -2.25. The van der Waals surface area contributed by atoms with Crippen LogP contribution in [0.1, 0.15) is 18.1 Å². The molecule has 0 saturated heterocycles. The molecule has 3 rings (SSSR count). The Hall–Kier alpha value is -3.06. The van der Waals surface area contributed by atoms with Crippen molar-refractivity contribution >= 4 is 23.1 Å². The quantitative estimate of drug-likeness (QED) is 0.663. The van der Waals surface area contributed by atoms with Gasteiger partial charge in [0.25, 0.3) is 5.56 Å². The first-order chi connectivity index (χ1) is 13.4. The van der Waals surface area contributed by atoms with E-state index in [1.165, 1.54) is 16.7 Å². The molecule has 0 radical (unpaired) electrons. The predicted octanol–water partition coefficient (Wildman–Crippen LogP) is 2.99. The number of rotatable bonds is 6. The van der Waals surface area contributed by atoms with E-state index in [-0.39, 0.29) is 29.6 Å². The molecule has 1 heterocycles. The van der Waals surface area contributed by atoms with Crippen LogP contribution in [0.15, 0.2) is 58.1 Å². The highest BCUT2D eigenvalue weighted by molar-refractivity contribution is 6.31. The van der Waals surface area contributed by atoms with Gasteiger partial charge in [0.15, 0.2) is 0 Å². The Balaban J connectivity index is 2.02. The van der Waals surface area contributed by atoms with Gasteiger partial charge in [-0.15, -0.1) is 0 Å². The zero-order chi connectivity index (χ0) is 20.3. The van der Waals surface area contributed by atoms with Crippen LogP contribution in [0.5, 0.6) is 0 Å². The normalized spacial score (nSPS) is 10.8. The largest absolute Gasteiger partial charge is 0.383 e. The molecule has 6 nitrogen and oxygen atoms in total. The van der Waals surface area contributed by atoms with Crippen LogP contribution in [0.25, 0.3) is 0 Å². The summed E-state index contributed by atoms with van der Waals surface area (Å²) in [6.45, 7) is 2.75. The number of H-pyrrole nitrogens is 1. The highest BCUT2D eigenvalue weighted by Gasteiger charge is 2.19. The lowest BCUT2D eigenvalue weighted by molar-refractivity contribution is 0.626. The van der Waals surface area contributed by atoms with Crippen molar-refractivity contribution in [2.24, 2.45) is 0 Å². The lowest BCUT2D eigenvalue weighted by atomic mass is 10.2. The van der Waals surface area contributed by atoms with Gasteiger partial charge in [-0.05, 0) is 30.2 Å². The van der Waals surface area contributed by atoms with E-state index in [0.717, 1.165) is 5.56 Å². The van der Waals surface area contributed by atoms with Crippen LogP contribution >= 0.6 is 11.6 Å². The molecule has 0 aliphatic heterocycles. The maximum absolute atomic E-state index is 13.3. The number of hydrogen-bond donors (Lipinski definition) is 2.